The zero-order chi connectivity index (χ0) is 15.8. The summed E-state index contributed by atoms with van der Waals surface area (Å²) in [6, 6.07) is 9.87. The van der Waals surface area contributed by atoms with Crippen LogP contribution in [-0.2, 0) is 15.3 Å². The van der Waals surface area contributed by atoms with Crippen molar-refractivity contribution in [3.8, 4) is 0 Å². The molecule has 0 unspecified atom stereocenters. The number of Topliss-reactive ketones (excluding diaryl/α,β-unsaturated/α-hetero) is 1. The molecule has 2 aliphatic rings. The van der Waals surface area contributed by atoms with Crippen LogP contribution in [0, 0.1) is 11.3 Å². The molecule has 3 rings (SSSR count). The lowest BCUT2D eigenvalue weighted by Gasteiger charge is -2.47. The van der Waals surface area contributed by atoms with Crippen LogP contribution in [0.4, 0.5) is 0 Å². The van der Waals surface area contributed by atoms with Gasteiger partial charge in [-0.15, -0.1) is 0 Å². The molecule has 22 heavy (non-hydrogen) atoms. The molecule has 2 aliphatic carbocycles. The molecule has 3 nitrogen and oxygen atoms in total. The highest BCUT2D eigenvalue weighted by Gasteiger charge is 2.62. The maximum atomic E-state index is 12.7. The number of ketones is 1. The fourth-order valence-electron chi connectivity index (χ4n) is 4.05. The predicted octanol–water partition coefficient (Wildman–Crippen LogP) is 3.35. The Hall–Kier alpha value is -1.13. The summed E-state index contributed by atoms with van der Waals surface area (Å²) in [6.45, 7) is 1.85. The van der Waals surface area contributed by atoms with E-state index in [1.807, 2.05) is 37.3 Å². The minimum absolute atomic E-state index is 0.0342. The second-order valence-corrected chi connectivity index (χ2v) is 7.70. The lowest BCUT2D eigenvalue weighted by atomic mass is 9.61. The first kappa shape index (κ1) is 15.8. The van der Waals surface area contributed by atoms with Crippen molar-refractivity contribution in [1.82, 2.24) is 0 Å². The minimum atomic E-state index is -1.14. The van der Waals surface area contributed by atoms with Crippen LogP contribution in [0.3, 0.4) is 0 Å². The minimum Gasteiger partial charge on any atom is -0.388 e. The standard InChI is InChI=1S/C18H22O3S/c1-17-10-5-8-14(18(17,21)11-9-15(17)19)16(20)22-12-13-6-3-2-4-7-13/h2-4,6-7,14,21H,5,8-12H2,1H3/t14-,17-,18+/m0/s1. The van der Waals surface area contributed by atoms with E-state index in [0.29, 0.717) is 31.4 Å². The first-order valence-electron chi connectivity index (χ1n) is 7.94. The highest BCUT2D eigenvalue weighted by atomic mass is 32.2. The number of carbonyl (C=O) groups excluding carboxylic acids is 2. The average Bonchev–Trinajstić information content (AvgIpc) is 2.77. The van der Waals surface area contributed by atoms with Crippen molar-refractivity contribution in [2.45, 2.75) is 50.4 Å². The summed E-state index contributed by atoms with van der Waals surface area (Å²) >= 11 is 1.27. The van der Waals surface area contributed by atoms with Crippen LogP contribution in [0.15, 0.2) is 30.3 Å². The molecular formula is C18H22O3S. The van der Waals surface area contributed by atoms with Gasteiger partial charge in [-0.05, 0) is 31.7 Å². The summed E-state index contributed by atoms with van der Waals surface area (Å²) in [7, 11) is 0. The van der Waals surface area contributed by atoms with Gasteiger partial charge in [-0.2, -0.15) is 0 Å². The molecule has 3 atom stereocenters. The average molecular weight is 318 g/mol. The molecule has 0 amide bonds. The van der Waals surface area contributed by atoms with Crippen LogP contribution in [0.1, 0.15) is 44.6 Å². The van der Waals surface area contributed by atoms with Crippen molar-refractivity contribution in [3.63, 3.8) is 0 Å². The van der Waals surface area contributed by atoms with Crippen LogP contribution in [-0.4, -0.2) is 21.6 Å². The number of hydrogen-bond donors (Lipinski definition) is 1. The third kappa shape index (κ3) is 2.42. The van der Waals surface area contributed by atoms with E-state index in [2.05, 4.69) is 0 Å². The van der Waals surface area contributed by atoms with E-state index < -0.39 is 16.9 Å². The van der Waals surface area contributed by atoms with Gasteiger partial charge in [0.05, 0.1) is 16.9 Å². The van der Waals surface area contributed by atoms with Crippen molar-refractivity contribution in [3.05, 3.63) is 35.9 Å². The molecule has 0 spiro atoms. The van der Waals surface area contributed by atoms with Gasteiger partial charge in [0.1, 0.15) is 5.78 Å². The lowest BCUT2D eigenvalue weighted by molar-refractivity contribution is -0.156. The molecule has 1 N–H and O–H groups in total. The quantitative estimate of drug-likeness (QED) is 0.928. The zero-order valence-corrected chi connectivity index (χ0v) is 13.7. The van der Waals surface area contributed by atoms with E-state index in [1.165, 1.54) is 11.8 Å². The van der Waals surface area contributed by atoms with Gasteiger partial charge in [-0.3, -0.25) is 9.59 Å². The Balaban J connectivity index is 1.73. The Morgan fingerprint density at radius 3 is 2.77 bits per heavy atom. The number of carbonyl (C=O) groups is 2. The molecule has 0 bridgehead atoms. The van der Waals surface area contributed by atoms with Crippen molar-refractivity contribution in [2.75, 3.05) is 0 Å². The first-order valence-corrected chi connectivity index (χ1v) is 8.92. The largest absolute Gasteiger partial charge is 0.388 e. The van der Waals surface area contributed by atoms with E-state index in [0.717, 1.165) is 12.0 Å². The predicted molar refractivity (Wildman–Crippen MR) is 87.4 cm³/mol. The SMILES string of the molecule is C[C@@]12CCC[C@@H](C(=O)SCc3ccccc3)[C@]1(O)CCC2=O. The summed E-state index contributed by atoms with van der Waals surface area (Å²) in [5, 5.41) is 11.1. The molecule has 0 aliphatic heterocycles. The van der Waals surface area contributed by atoms with Crippen LogP contribution >= 0.6 is 11.8 Å². The van der Waals surface area contributed by atoms with Gasteiger partial charge in [0.2, 0.25) is 0 Å². The van der Waals surface area contributed by atoms with Gasteiger partial charge in [0, 0.05) is 12.2 Å². The number of benzene rings is 1. The summed E-state index contributed by atoms with van der Waals surface area (Å²) < 4.78 is 0. The Bertz CT molecular complexity index is 585. The van der Waals surface area contributed by atoms with Gasteiger partial charge in [-0.1, -0.05) is 48.5 Å². The van der Waals surface area contributed by atoms with E-state index in [9.17, 15) is 14.7 Å². The number of hydrogen-bond acceptors (Lipinski definition) is 4. The second kappa shape index (κ2) is 5.82. The highest BCUT2D eigenvalue weighted by Crippen LogP contribution is 2.56. The number of thioether (sulfide) groups is 1. The summed E-state index contributed by atoms with van der Waals surface area (Å²) in [4.78, 5) is 24.9. The normalized spacial score (nSPS) is 34.5. The van der Waals surface area contributed by atoms with Crippen LogP contribution < -0.4 is 0 Å². The van der Waals surface area contributed by atoms with Gasteiger partial charge < -0.3 is 5.11 Å². The molecule has 0 radical (unpaired) electrons. The van der Waals surface area contributed by atoms with Crippen molar-refractivity contribution in [2.24, 2.45) is 11.3 Å². The van der Waals surface area contributed by atoms with E-state index >= 15 is 0 Å². The Labute approximate surface area is 135 Å². The molecular weight excluding hydrogens is 296 g/mol. The maximum Gasteiger partial charge on any atom is 0.195 e. The van der Waals surface area contributed by atoms with Gasteiger partial charge in [0.25, 0.3) is 0 Å². The molecule has 0 heterocycles. The van der Waals surface area contributed by atoms with E-state index in [4.69, 9.17) is 0 Å². The molecule has 0 aromatic heterocycles. The summed E-state index contributed by atoms with van der Waals surface area (Å²) in [5.74, 6) is 0.337. The molecule has 4 heteroatoms. The van der Waals surface area contributed by atoms with Gasteiger partial charge in [-0.25, -0.2) is 0 Å². The fraction of sp³-hybridized carbons (Fsp3) is 0.556. The van der Waals surface area contributed by atoms with Crippen LogP contribution in [0.25, 0.3) is 0 Å². The van der Waals surface area contributed by atoms with E-state index in [-0.39, 0.29) is 10.9 Å². The van der Waals surface area contributed by atoms with Gasteiger partial charge in [0.15, 0.2) is 5.12 Å². The summed E-state index contributed by atoms with van der Waals surface area (Å²) in [6.07, 6.45) is 3.08. The van der Waals surface area contributed by atoms with E-state index in [1.54, 1.807) is 0 Å². The molecule has 2 fully saturated rings. The molecule has 2 saturated carbocycles. The molecule has 1 aromatic carbocycles. The Morgan fingerprint density at radius 1 is 1.32 bits per heavy atom. The lowest BCUT2D eigenvalue weighted by Crippen LogP contribution is -2.55. The summed E-state index contributed by atoms with van der Waals surface area (Å²) in [5.41, 5.74) is -0.754. The van der Waals surface area contributed by atoms with Crippen LogP contribution in [0.2, 0.25) is 0 Å². The number of aliphatic hydroxyl groups is 1. The zero-order valence-electron chi connectivity index (χ0n) is 12.9. The maximum absolute atomic E-state index is 12.7. The van der Waals surface area contributed by atoms with Crippen molar-refractivity contribution < 1.29 is 14.7 Å². The monoisotopic (exact) mass is 318 g/mol. The molecule has 118 valence electrons. The van der Waals surface area contributed by atoms with Crippen molar-refractivity contribution in [1.29, 1.82) is 0 Å². The molecule has 1 aromatic rings. The highest BCUT2D eigenvalue weighted by molar-refractivity contribution is 8.13. The topological polar surface area (TPSA) is 54.4 Å². The number of fused-ring (bicyclic) bond motifs is 1. The van der Waals surface area contributed by atoms with Crippen LogP contribution in [0.5, 0.6) is 0 Å². The Kier molecular flexibility index (Phi) is 4.17. The first-order chi connectivity index (χ1) is 10.5. The smallest absolute Gasteiger partial charge is 0.195 e. The fourth-order valence-corrected chi connectivity index (χ4v) is 5.07. The molecule has 0 saturated heterocycles. The number of rotatable bonds is 3. The third-order valence-electron chi connectivity index (χ3n) is 5.56. The van der Waals surface area contributed by atoms with Gasteiger partial charge >= 0.3 is 0 Å². The second-order valence-electron chi connectivity index (χ2n) is 6.72. The Morgan fingerprint density at radius 2 is 2.05 bits per heavy atom. The third-order valence-corrected chi connectivity index (χ3v) is 6.61. The van der Waals surface area contributed by atoms with Crippen molar-refractivity contribution >= 4 is 22.7 Å².